The number of carbonyl (C=O) groups excluding carboxylic acids is 2. The summed E-state index contributed by atoms with van der Waals surface area (Å²) in [6.07, 6.45) is 1.27. The average molecular weight is 438 g/mol. The minimum Gasteiger partial charge on any atom is -0.484 e. The second-order valence-corrected chi connectivity index (χ2v) is 7.42. The van der Waals surface area contributed by atoms with Gasteiger partial charge in [0.2, 0.25) is 5.89 Å². The number of nitrogens with zero attached hydrogens (tertiary/aromatic N) is 2. The molecule has 32 heavy (non-hydrogen) atoms. The summed E-state index contributed by atoms with van der Waals surface area (Å²) in [7, 11) is 0. The number of anilines is 2. The van der Waals surface area contributed by atoms with E-state index in [0.717, 1.165) is 0 Å². The highest BCUT2D eigenvalue weighted by Gasteiger charge is 2.10. The summed E-state index contributed by atoms with van der Waals surface area (Å²) in [5, 5.41) is 12.2. The number of aryl methyl sites for hydroxylation is 1. The zero-order valence-electron chi connectivity index (χ0n) is 18.1. The molecule has 0 saturated heterocycles. The van der Waals surface area contributed by atoms with Gasteiger partial charge >= 0.3 is 6.03 Å². The van der Waals surface area contributed by atoms with Crippen LogP contribution in [0.3, 0.4) is 0 Å². The lowest BCUT2D eigenvalue weighted by Gasteiger charge is -2.10. The van der Waals surface area contributed by atoms with Crippen molar-refractivity contribution in [2.24, 2.45) is 0 Å². The highest BCUT2D eigenvalue weighted by atomic mass is 16.5. The number of aromatic nitrogens is 2. The van der Waals surface area contributed by atoms with Gasteiger partial charge in [-0.25, -0.2) is 4.79 Å². The molecule has 0 aliphatic rings. The van der Waals surface area contributed by atoms with Crippen molar-refractivity contribution in [2.45, 2.75) is 32.6 Å². The summed E-state index contributed by atoms with van der Waals surface area (Å²) in [6, 6.07) is 15.7. The number of rotatable bonds is 10. The fourth-order valence-electron chi connectivity index (χ4n) is 2.75. The minimum atomic E-state index is -0.336. The monoisotopic (exact) mass is 437 g/mol. The normalized spacial score (nSPS) is 10.6. The lowest BCUT2D eigenvalue weighted by Crippen LogP contribution is -2.29. The third-order valence-electron chi connectivity index (χ3n) is 4.37. The van der Waals surface area contributed by atoms with Crippen LogP contribution < -0.4 is 20.7 Å². The van der Waals surface area contributed by atoms with Gasteiger partial charge in [0.05, 0.1) is 0 Å². The van der Waals surface area contributed by atoms with Crippen LogP contribution in [0.1, 0.15) is 37.9 Å². The molecule has 3 N–H and O–H groups in total. The SMILES string of the molecule is CC(C)c1noc(CCCNC(=O)Nc2cccc(OCC(=O)Nc3ccccc3)c2)n1. The molecule has 0 fully saturated rings. The van der Waals surface area contributed by atoms with Crippen LogP contribution in [-0.2, 0) is 11.2 Å². The summed E-state index contributed by atoms with van der Waals surface area (Å²) < 4.78 is 10.7. The van der Waals surface area contributed by atoms with Crippen molar-refractivity contribution in [3.8, 4) is 5.75 Å². The molecule has 1 heterocycles. The minimum absolute atomic E-state index is 0.140. The first kappa shape index (κ1) is 22.8. The molecule has 9 heteroatoms. The second kappa shape index (κ2) is 11.5. The van der Waals surface area contributed by atoms with Gasteiger partial charge in [-0.1, -0.05) is 43.3 Å². The molecule has 3 aromatic rings. The van der Waals surface area contributed by atoms with Crippen molar-refractivity contribution in [2.75, 3.05) is 23.8 Å². The van der Waals surface area contributed by atoms with E-state index in [1.807, 2.05) is 32.0 Å². The molecule has 3 amide bonds. The topological polar surface area (TPSA) is 118 Å². The third-order valence-corrected chi connectivity index (χ3v) is 4.37. The number of ether oxygens (including phenoxy) is 1. The molecule has 0 unspecified atom stereocenters. The highest BCUT2D eigenvalue weighted by Crippen LogP contribution is 2.17. The van der Waals surface area contributed by atoms with E-state index >= 15 is 0 Å². The van der Waals surface area contributed by atoms with E-state index in [1.54, 1.807) is 36.4 Å². The predicted molar refractivity (Wildman–Crippen MR) is 121 cm³/mol. The molecule has 3 rings (SSSR count). The van der Waals surface area contributed by atoms with E-state index in [1.165, 1.54) is 0 Å². The Balaban J connectivity index is 1.37. The Bertz CT molecular complexity index is 1020. The van der Waals surface area contributed by atoms with Crippen molar-refractivity contribution < 1.29 is 18.8 Å². The number of amides is 3. The number of hydrogen-bond acceptors (Lipinski definition) is 6. The van der Waals surface area contributed by atoms with Gasteiger partial charge in [0.1, 0.15) is 5.75 Å². The van der Waals surface area contributed by atoms with Crippen LogP contribution in [0.2, 0.25) is 0 Å². The van der Waals surface area contributed by atoms with Gasteiger partial charge < -0.3 is 25.2 Å². The molecular weight excluding hydrogens is 410 g/mol. The summed E-state index contributed by atoms with van der Waals surface area (Å²) >= 11 is 0. The van der Waals surface area contributed by atoms with Crippen LogP contribution in [0, 0.1) is 0 Å². The molecule has 0 radical (unpaired) electrons. The molecule has 0 aliphatic heterocycles. The molecule has 0 saturated carbocycles. The Morgan fingerprint density at radius 2 is 1.81 bits per heavy atom. The quantitative estimate of drug-likeness (QED) is 0.413. The molecule has 9 nitrogen and oxygen atoms in total. The van der Waals surface area contributed by atoms with Crippen LogP contribution in [0.5, 0.6) is 5.75 Å². The zero-order valence-corrected chi connectivity index (χ0v) is 18.1. The smallest absolute Gasteiger partial charge is 0.319 e. The molecular formula is C23H27N5O4. The predicted octanol–water partition coefficient (Wildman–Crippen LogP) is 3.96. The lowest BCUT2D eigenvalue weighted by molar-refractivity contribution is -0.118. The molecule has 2 aromatic carbocycles. The summed E-state index contributed by atoms with van der Waals surface area (Å²) in [4.78, 5) is 28.4. The molecule has 1 aromatic heterocycles. The van der Waals surface area contributed by atoms with Gasteiger partial charge in [-0.05, 0) is 30.7 Å². The number of nitrogens with one attached hydrogen (secondary N) is 3. The van der Waals surface area contributed by atoms with Gasteiger partial charge in [-0.15, -0.1) is 0 Å². The van der Waals surface area contributed by atoms with Gasteiger partial charge in [-0.2, -0.15) is 4.98 Å². The van der Waals surface area contributed by atoms with Gasteiger partial charge in [0, 0.05) is 36.3 Å². The first-order valence-corrected chi connectivity index (χ1v) is 10.4. The summed E-state index contributed by atoms with van der Waals surface area (Å²) in [6.45, 7) is 4.32. The highest BCUT2D eigenvalue weighted by molar-refractivity contribution is 5.92. The average Bonchev–Trinajstić information content (AvgIpc) is 3.26. The van der Waals surface area contributed by atoms with Crippen LogP contribution in [0.15, 0.2) is 59.1 Å². The third kappa shape index (κ3) is 7.42. The first-order valence-electron chi connectivity index (χ1n) is 10.4. The van der Waals surface area contributed by atoms with Gasteiger partial charge in [0.15, 0.2) is 12.4 Å². The molecule has 0 bridgehead atoms. The Hall–Kier alpha value is -3.88. The van der Waals surface area contributed by atoms with Crippen molar-refractivity contribution in [1.29, 1.82) is 0 Å². The van der Waals surface area contributed by atoms with Crippen molar-refractivity contribution >= 4 is 23.3 Å². The van der Waals surface area contributed by atoms with E-state index in [9.17, 15) is 9.59 Å². The lowest BCUT2D eigenvalue weighted by atomic mass is 10.2. The number of hydrogen-bond donors (Lipinski definition) is 3. The second-order valence-electron chi connectivity index (χ2n) is 7.42. The largest absolute Gasteiger partial charge is 0.484 e. The molecule has 0 spiro atoms. The Morgan fingerprint density at radius 1 is 1.03 bits per heavy atom. The molecule has 168 valence electrons. The Labute approximate surface area is 186 Å². The van der Waals surface area contributed by atoms with Crippen molar-refractivity contribution in [3.05, 3.63) is 66.3 Å². The number of urea groups is 1. The van der Waals surface area contributed by atoms with Gasteiger partial charge in [0.25, 0.3) is 5.91 Å². The van der Waals surface area contributed by atoms with E-state index in [4.69, 9.17) is 9.26 Å². The van der Waals surface area contributed by atoms with Crippen LogP contribution in [0.4, 0.5) is 16.2 Å². The fraction of sp³-hybridized carbons (Fsp3) is 0.304. The van der Waals surface area contributed by atoms with Crippen molar-refractivity contribution in [1.82, 2.24) is 15.5 Å². The Kier molecular flexibility index (Phi) is 8.19. The standard InChI is InChI=1S/C23H27N5O4/c1-16(2)22-27-21(32-28-22)12-7-13-24-23(30)26-18-10-6-11-19(14-18)31-15-20(29)25-17-8-4-3-5-9-17/h3-6,8-11,14,16H,7,12-13,15H2,1-2H3,(H,25,29)(H2,24,26,30). The van der Waals surface area contributed by atoms with E-state index in [2.05, 4.69) is 26.1 Å². The maximum Gasteiger partial charge on any atom is 0.319 e. The van der Waals surface area contributed by atoms with Crippen molar-refractivity contribution in [3.63, 3.8) is 0 Å². The summed E-state index contributed by atoms with van der Waals surface area (Å²) in [5.74, 6) is 1.68. The zero-order chi connectivity index (χ0) is 22.8. The number of carbonyl (C=O) groups is 2. The van der Waals surface area contributed by atoms with E-state index in [-0.39, 0.29) is 24.5 Å². The molecule has 0 atom stereocenters. The van der Waals surface area contributed by atoms with E-state index < -0.39 is 0 Å². The van der Waals surface area contributed by atoms with Crippen LogP contribution >= 0.6 is 0 Å². The van der Waals surface area contributed by atoms with Gasteiger partial charge in [-0.3, -0.25) is 4.79 Å². The van der Waals surface area contributed by atoms with Crippen LogP contribution in [-0.4, -0.2) is 35.2 Å². The fourth-order valence-corrected chi connectivity index (χ4v) is 2.75. The molecule has 0 aliphatic carbocycles. The Morgan fingerprint density at radius 3 is 2.56 bits per heavy atom. The first-order chi connectivity index (χ1) is 15.5. The number of benzene rings is 2. The summed E-state index contributed by atoms with van der Waals surface area (Å²) in [5.41, 5.74) is 1.26. The van der Waals surface area contributed by atoms with E-state index in [0.29, 0.717) is 48.2 Å². The van der Waals surface area contributed by atoms with Crippen LogP contribution in [0.25, 0.3) is 0 Å². The maximum absolute atomic E-state index is 12.1. The number of para-hydroxylation sites is 1. The maximum atomic E-state index is 12.1.